The van der Waals surface area contributed by atoms with Crippen molar-refractivity contribution in [3.05, 3.63) is 47.4 Å². The van der Waals surface area contributed by atoms with E-state index >= 15 is 0 Å². The molecule has 6 nitrogen and oxygen atoms in total. The van der Waals surface area contributed by atoms with Gasteiger partial charge in [0.1, 0.15) is 6.26 Å². The van der Waals surface area contributed by atoms with Gasteiger partial charge in [-0.15, -0.1) is 0 Å². The zero-order chi connectivity index (χ0) is 24.3. The number of benzene rings is 1. The Kier molecular flexibility index (Phi) is 5.91. The average molecular weight is 481 g/mol. The smallest absolute Gasteiger partial charge is 0.433 e. The zero-order valence-corrected chi connectivity index (χ0v) is 20.0. The van der Waals surface area contributed by atoms with E-state index in [2.05, 4.69) is 14.5 Å². The van der Waals surface area contributed by atoms with E-state index in [0.717, 1.165) is 27.7 Å². The van der Waals surface area contributed by atoms with Crippen LogP contribution in [0.2, 0.25) is 0 Å². The van der Waals surface area contributed by atoms with Crippen molar-refractivity contribution in [3.63, 3.8) is 0 Å². The van der Waals surface area contributed by atoms with Crippen molar-refractivity contribution < 1.29 is 22.8 Å². The van der Waals surface area contributed by atoms with Gasteiger partial charge in [0.25, 0.3) is 0 Å². The number of aromatic nitrogens is 3. The van der Waals surface area contributed by atoms with Crippen LogP contribution in [0.15, 0.2) is 35.4 Å². The summed E-state index contributed by atoms with van der Waals surface area (Å²) in [5.74, 6) is 0.0425. The number of hydrogen-bond acceptors (Lipinski definition) is 5. The molecule has 178 valence electrons. The highest BCUT2D eigenvalue weighted by Gasteiger charge is 2.41. The number of alkyl halides is 3. The molecule has 4 rings (SSSR count). The molecular formula is C23H27F3N4O2S. The molecule has 1 N–H and O–H groups in total. The molecule has 33 heavy (non-hydrogen) atoms. The fourth-order valence-electron chi connectivity index (χ4n) is 4.54. The monoisotopic (exact) mass is 480 g/mol. The molecule has 2 atom stereocenters. The third kappa shape index (κ3) is 4.31. The molecule has 0 saturated heterocycles. The van der Waals surface area contributed by atoms with Crippen LogP contribution in [0, 0.1) is 5.92 Å². The van der Waals surface area contributed by atoms with Crippen molar-refractivity contribution in [3.8, 4) is 0 Å². The van der Waals surface area contributed by atoms with Crippen LogP contribution in [0.1, 0.15) is 50.7 Å². The van der Waals surface area contributed by atoms with E-state index < -0.39 is 28.6 Å². The van der Waals surface area contributed by atoms with Gasteiger partial charge in [0.15, 0.2) is 10.6 Å². The van der Waals surface area contributed by atoms with Crippen LogP contribution in [0.3, 0.4) is 0 Å². The van der Waals surface area contributed by atoms with Gasteiger partial charge in [-0.1, -0.05) is 13.8 Å². The third-order valence-electron chi connectivity index (χ3n) is 6.04. The van der Waals surface area contributed by atoms with E-state index in [1.165, 1.54) is 13.8 Å². The molecule has 0 radical (unpaired) electrons. The van der Waals surface area contributed by atoms with Gasteiger partial charge >= 0.3 is 6.18 Å². The molecule has 0 aliphatic carbocycles. The van der Waals surface area contributed by atoms with Gasteiger partial charge in [0, 0.05) is 42.0 Å². The maximum atomic E-state index is 13.8. The first kappa shape index (κ1) is 23.8. The summed E-state index contributed by atoms with van der Waals surface area (Å²) in [6.07, 6.45) is -2.01. The minimum atomic E-state index is -4.72. The lowest BCUT2D eigenvalue weighted by Gasteiger charge is -2.40. The van der Waals surface area contributed by atoms with Gasteiger partial charge in [-0.3, -0.25) is 0 Å². The molecule has 1 aromatic carbocycles. The lowest BCUT2D eigenvalue weighted by atomic mass is 9.96. The maximum Gasteiger partial charge on any atom is 0.433 e. The van der Waals surface area contributed by atoms with Gasteiger partial charge in [-0.05, 0) is 49.1 Å². The highest BCUT2D eigenvalue weighted by atomic mass is 32.2. The van der Waals surface area contributed by atoms with E-state index in [1.807, 2.05) is 38.1 Å². The fraction of sp³-hybridized carbons (Fsp3) is 0.478. The molecular weight excluding hydrogens is 453 g/mol. The summed E-state index contributed by atoms with van der Waals surface area (Å²) in [7, 11) is 0. The molecule has 10 heteroatoms. The van der Waals surface area contributed by atoms with E-state index in [4.69, 9.17) is 0 Å². The Morgan fingerprint density at radius 2 is 1.88 bits per heavy atom. The number of anilines is 1. The fourth-order valence-corrected chi connectivity index (χ4v) is 5.07. The number of rotatable bonds is 4. The zero-order valence-electron chi connectivity index (χ0n) is 19.1. The van der Waals surface area contributed by atoms with Gasteiger partial charge in [-0.2, -0.15) is 13.2 Å². The molecule has 3 heterocycles. The number of fused-ring (bicyclic) bond motifs is 3. The molecule has 0 bridgehead atoms. The summed E-state index contributed by atoms with van der Waals surface area (Å²) in [6, 6.07) is 7.45. The van der Waals surface area contributed by atoms with Gasteiger partial charge in [0.2, 0.25) is 5.95 Å². The van der Waals surface area contributed by atoms with Gasteiger partial charge in [-0.25, -0.2) is 9.97 Å². The van der Waals surface area contributed by atoms with Crippen molar-refractivity contribution in [2.45, 2.75) is 57.0 Å². The van der Waals surface area contributed by atoms with E-state index in [1.54, 1.807) is 11.2 Å². The average Bonchev–Trinajstić information content (AvgIpc) is 3.08. The maximum absolute atomic E-state index is 13.8. The number of hydrogen-bond donors (Lipinski definition) is 1. The van der Waals surface area contributed by atoms with E-state index in [-0.39, 0.29) is 23.5 Å². The summed E-state index contributed by atoms with van der Waals surface area (Å²) >= 11 is -1.12. The number of aliphatic hydroxyl groups is 1. The summed E-state index contributed by atoms with van der Waals surface area (Å²) in [5, 5.41) is 11.2. The Bertz CT molecular complexity index is 1180. The van der Waals surface area contributed by atoms with Gasteiger partial charge < -0.3 is 19.1 Å². The summed E-state index contributed by atoms with van der Waals surface area (Å²) in [4.78, 5) is 10.7. The topological polar surface area (TPSA) is 77.2 Å². The highest BCUT2D eigenvalue weighted by molar-refractivity contribution is 7.90. The van der Waals surface area contributed by atoms with Crippen molar-refractivity contribution in [1.82, 2.24) is 14.5 Å². The van der Waals surface area contributed by atoms with Crippen molar-refractivity contribution >= 4 is 28.0 Å². The molecule has 3 aromatic rings. The largest absolute Gasteiger partial charge is 0.612 e. The van der Waals surface area contributed by atoms with Crippen LogP contribution < -0.4 is 4.90 Å². The Morgan fingerprint density at radius 3 is 2.45 bits per heavy atom. The molecule has 0 amide bonds. The summed E-state index contributed by atoms with van der Waals surface area (Å²) in [6.45, 7) is 7.53. The second-order valence-electron chi connectivity index (χ2n) is 9.27. The SMILES string of the molecule is CC(C)C1c2cc3ccc([S+](C)[O-])cc3n2CCN1c1ncc(C(C)(C)O)c(C(F)(F)F)n1. The molecule has 1 aliphatic heterocycles. The van der Waals surface area contributed by atoms with Crippen molar-refractivity contribution in [2.75, 3.05) is 17.7 Å². The first-order valence-corrected chi connectivity index (χ1v) is 12.2. The van der Waals surface area contributed by atoms with E-state index in [0.29, 0.717) is 13.1 Å². The quantitative estimate of drug-likeness (QED) is 0.551. The third-order valence-corrected chi connectivity index (χ3v) is 6.95. The Morgan fingerprint density at radius 1 is 1.18 bits per heavy atom. The Labute approximate surface area is 193 Å². The number of halogens is 3. The van der Waals surface area contributed by atoms with Crippen LogP contribution >= 0.6 is 0 Å². The standard InChI is InChI=1S/C23H27F3N4O2S/c1-13(2)19-18-10-14-6-7-15(33(5)32)11-17(14)29(18)8-9-30(19)21-27-12-16(22(3,4)31)20(28-21)23(24,25)26/h6-7,10-13,19,31H,8-9H2,1-5H3. The van der Waals surface area contributed by atoms with Crippen LogP contribution in [0.4, 0.5) is 19.1 Å². The molecule has 1 aliphatic rings. The van der Waals surface area contributed by atoms with Crippen LogP contribution in [-0.2, 0) is 29.5 Å². The van der Waals surface area contributed by atoms with E-state index in [9.17, 15) is 22.8 Å². The summed E-state index contributed by atoms with van der Waals surface area (Å²) < 4.78 is 55.6. The molecule has 0 saturated carbocycles. The highest BCUT2D eigenvalue weighted by Crippen LogP contribution is 2.40. The lowest BCUT2D eigenvalue weighted by molar-refractivity contribution is -0.144. The molecule has 2 unspecified atom stereocenters. The molecule has 0 fully saturated rings. The molecule has 2 aromatic heterocycles. The van der Waals surface area contributed by atoms with Crippen molar-refractivity contribution in [1.29, 1.82) is 0 Å². The predicted octanol–water partition coefficient (Wildman–Crippen LogP) is 4.63. The molecule has 0 spiro atoms. The van der Waals surface area contributed by atoms with Crippen LogP contribution in [0.25, 0.3) is 10.9 Å². The normalized spacial score (nSPS) is 18.2. The first-order chi connectivity index (χ1) is 15.3. The summed E-state index contributed by atoms with van der Waals surface area (Å²) in [5.41, 5.74) is -1.30. The van der Waals surface area contributed by atoms with Crippen LogP contribution in [-0.4, -0.2) is 37.0 Å². The predicted molar refractivity (Wildman–Crippen MR) is 121 cm³/mol. The Balaban J connectivity index is 1.83. The minimum Gasteiger partial charge on any atom is -0.612 e. The second-order valence-corrected chi connectivity index (χ2v) is 10.6. The number of nitrogens with zero attached hydrogens (tertiary/aromatic N) is 4. The Hall–Kier alpha value is -2.30. The minimum absolute atomic E-state index is 0.0131. The first-order valence-electron chi connectivity index (χ1n) is 10.7. The second kappa shape index (κ2) is 8.18. The van der Waals surface area contributed by atoms with Crippen molar-refractivity contribution in [2.24, 2.45) is 5.92 Å². The van der Waals surface area contributed by atoms with Gasteiger partial charge in [0.05, 0.1) is 17.2 Å². The van der Waals surface area contributed by atoms with Crippen LogP contribution in [0.5, 0.6) is 0 Å². The lowest BCUT2D eigenvalue weighted by Crippen LogP contribution is -2.42.